The van der Waals surface area contributed by atoms with Crippen LogP contribution in [0.2, 0.25) is 0 Å². The van der Waals surface area contributed by atoms with Crippen LogP contribution in [-0.4, -0.2) is 46.4 Å². The highest BCUT2D eigenvalue weighted by Gasteiger charge is 2.44. The van der Waals surface area contributed by atoms with Crippen LogP contribution in [0.1, 0.15) is 65.3 Å². The Balaban J connectivity index is 1.74. The number of likely N-dealkylation sites (tertiary alicyclic amines) is 1. The number of rotatable bonds is 6. The van der Waals surface area contributed by atoms with Crippen LogP contribution in [0.15, 0.2) is 29.8 Å². The van der Waals surface area contributed by atoms with Crippen LogP contribution in [0.3, 0.4) is 0 Å². The van der Waals surface area contributed by atoms with Crippen LogP contribution in [0.25, 0.3) is 10.4 Å². The summed E-state index contributed by atoms with van der Waals surface area (Å²) in [4.78, 5) is 45.1. The van der Waals surface area contributed by atoms with Crippen molar-refractivity contribution in [3.05, 3.63) is 41.0 Å². The predicted molar refractivity (Wildman–Crippen MR) is 133 cm³/mol. The van der Waals surface area contributed by atoms with Crippen LogP contribution in [0, 0.1) is 18.3 Å². The lowest BCUT2D eigenvalue weighted by Gasteiger charge is -2.33. The molecule has 2 amide bonds. The van der Waals surface area contributed by atoms with Crippen LogP contribution >= 0.6 is 11.3 Å². The summed E-state index contributed by atoms with van der Waals surface area (Å²) in [5, 5.41) is 3.06. The van der Waals surface area contributed by atoms with Crippen LogP contribution < -0.4 is 5.32 Å². The molecule has 34 heavy (non-hydrogen) atoms. The molecule has 0 radical (unpaired) electrons. The third-order valence-electron chi connectivity index (χ3n) is 6.63. The highest BCUT2D eigenvalue weighted by molar-refractivity contribution is 7.13. The molecule has 0 saturated carbocycles. The average molecular weight is 486 g/mol. The Hall–Kier alpha value is -2.74. The van der Waals surface area contributed by atoms with Gasteiger partial charge in [-0.1, -0.05) is 52.0 Å². The van der Waals surface area contributed by atoms with Crippen molar-refractivity contribution in [3.8, 4) is 10.4 Å². The molecule has 1 aromatic carbocycles. The van der Waals surface area contributed by atoms with Crippen LogP contribution in [0.4, 0.5) is 0 Å². The summed E-state index contributed by atoms with van der Waals surface area (Å²) >= 11 is 1.60. The number of thiazole rings is 1. The van der Waals surface area contributed by atoms with E-state index in [4.69, 9.17) is 4.74 Å². The largest absolute Gasteiger partial charge is 0.461 e. The Morgan fingerprint density at radius 2 is 1.82 bits per heavy atom. The zero-order chi connectivity index (χ0) is 25.2. The second-order valence-electron chi connectivity index (χ2n) is 10.2. The molecule has 0 aliphatic carbocycles. The number of benzene rings is 1. The quantitative estimate of drug-likeness (QED) is 0.608. The maximum absolute atomic E-state index is 13.3. The van der Waals surface area contributed by atoms with E-state index in [1.165, 1.54) is 6.92 Å². The smallest absolute Gasteiger partial charge is 0.302 e. The van der Waals surface area contributed by atoms with Crippen molar-refractivity contribution in [2.45, 2.75) is 73.1 Å². The van der Waals surface area contributed by atoms with Gasteiger partial charge < -0.3 is 15.0 Å². The van der Waals surface area contributed by atoms with E-state index in [9.17, 15) is 14.4 Å². The van der Waals surface area contributed by atoms with E-state index in [1.54, 1.807) is 16.2 Å². The van der Waals surface area contributed by atoms with E-state index in [1.807, 2.05) is 71.3 Å². The summed E-state index contributed by atoms with van der Waals surface area (Å²) in [7, 11) is 0. The molecule has 184 valence electrons. The molecule has 1 aromatic heterocycles. The first-order valence-corrected chi connectivity index (χ1v) is 12.5. The van der Waals surface area contributed by atoms with Gasteiger partial charge in [-0.25, -0.2) is 4.98 Å². The van der Waals surface area contributed by atoms with Gasteiger partial charge in [-0.2, -0.15) is 0 Å². The number of aryl methyl sites for hydroxylation is 1. The van der Waals surface area contributed by atoms with Crippen molar-refractivity contribution in [2.24, 2.45) is 11.3 Å². The van der Waals surface area contributed by atoms with Gasteiger partial charge in [0.15, 0.2) is 0 Å². The monoisotopic (exact) mass is 485 g/mol. The number of esters is 1. The first kappa shape index (κ1) is 25.9. The van der Waals surface area contributed by atoms with Crippen molar-refractivity contribution < 1.29 is 19.1 Å². The Morgan fingerprint density at radius 3 is 2.35 bits per heavy atom. The number of hydrogen-bond donors (Lipinski definition) is 1. The summed E-state index contributed by atoms with van der Waals surface area (Å²) in [5.41, 5.74) is 4.64. The molecule has 1 fully saturated rings. The third kappa shape index (κ3) is 5.84. The van der Waals surface area contributed by atoms with Crippen LogP contribution in [0.5, 0.6) is 0 Å². The number of ether oxygens (including phenoxy) is 1. The molecule has 1 N–H and O–H groups in total. The first-order valence-electron chi connectivity index (χ1n) is 11.7. The molecule has 2 aromatic rings. The second-order valence-corrected chi connectivity index (χ2v) is 11.0. The predicted octanol–water partition coefficient (Wildman–Crippen LogP) is 4.51. The van der Waals surface area contributed by atoms with Gasteiger partial charge in [0, 0.05) is 19.3 Å². The number of nitrogens with one attached hydrogen (secondary N) is 1. The third-order valence-corrected chi connectivity index (χ3v) is 7.61. The second kappa shape index (κ2) is 10.3. The summed E-state index contributed by atoms with van der Waals surface area (Å²) in [6.07, 6.45) is -0.189. The van der Waals surface area contributed by atoms with Gasteiger partial charge in [0.2, 0.25) is 11.8 Å². The van der Waals surface area contributed by atoms with Crippen molar-refractivity contribution in [1.82, 2.24) is 15.2 Å². The lowest BCUT2D eigenvalue weighted by atomic mass is 9.81. The molecule has 1 aliphatic rings. The fourth-order valence-electron chi connectivity index (χ4n) is 4.12. The topological polar surface area (TPSA) is 88.6 Å². The lowest BCUT2D eigenvalue weighted by Crippen LogP contribution is -2.49. The highest BCUT2D eigenvalue weighted by atomic mass is 32.1. The summed E-state index contributed by atoms with van der Waals surface area (Å²) < 4.78 is 5.37. The Labute approximate surface area is 205 Å². The number of carbonyl (C=O) groups excluding carboxylic acids is 3. The molecular formula is C26H35N3O4S. The zero-order valence-electron chi connectivity index (χ0n) is 21.0. The summed E-state index contributed by atoms with van der Waals surface area (Å²) in [6, 6.07) is 7.15. The molecule has 3 rings (SSSR count). The van der Waals surface area contributed by atoms with Gasteiger partial charge in [-0.05, 0) is 30.4 Å². The molecule has 7 nitrogen and oxygen atoms in total. The molecule has 2 heterocycles. The van der Waals surface area contributed by atoms with Gasteiger partial charge in [0.1, 0.15) is 12.1 Å². The highest BCUT2D eigenvalue weighted by Crippen LogP contribution is 2.32. The minimum Gasteiger partial charge on any atom is -0.461 e. The standard InChI is InChI=1S/C26H35N3O4S/c1-15(26(5,6)7)25(32)29-13-21(33-18(4)30)12-22(29)24(31)28-16(2)19-8-10-20(11-9-19)23-17(3)27-14-34-23/h8-11,14-16,21-22H,12-13H2,1-7H3,(H,28,31)/t15-,16+,21-,22+/m1/s1. The van der Waals surface area contributed by atoms with Crippen molar-refractivity contribution >= 4 is 29.1 Å². The SMILES string of the molecule is CC(=O)O[C@@H]1C[C@@H](C(=O)N[C@@H](C)c2ccc(-c3scnc3C)cc2)N(C(=O)[C@@H](C)C(C)(C)C)C1. The van der Waals surface area contributed by atoms with Gasteiger partial charge in [0.05, 0.1) is 28.7 Å². The number of hydrogen-bond acceptors (Lipinski definition) is 6. The zero-order valence-corrected chi connectivity index (χ0v) is 21.9. The molecule has 0 unspecified atom stereocenters. The maximum atomic E-state index is 13.3. The molecule has 1 saturated heterocycles. The van der Waals surface area contributed by atoms with Gasteiger partial charge >= 0.3 is 5.97 Å². The number of carbonyl (C=O) groups is 3. The molecule has 4 atom stereocenters. The molecule has 8 heteroatoms. The molecule has 1 aliphatic heterocycles. The molecule has 0 spiro atoms. The molecule has 0 bridgehead atoms. The Morgan fingerprint density at radius 1 is 1.18 bits per heavy atom. The maximum Gasteiger partial charge on any atom is 0.302 e. The van der Waals surface area contributed by atoms with E-state index < -0.39 is 18.1 Å². The van der Waals surface area contributed by atoms with Gasteiger partial charge in [-0.15, -0.1) is 11.3 Å². The van der Waals surface area contributed by atoms with Gasteiger partial charge in [-0.3, -0.25) is 14.4 Å². The normalized spacial score (nSPS) is 20.0. The number of amides is 2. The first-order chi connectivity index (χ1) is 15.9. The van der Waals surface area contributed by atoms with Crippen molar-refractivity contribution in [2.75, 3.05) is 6.54 Å². The van der Waals surface area contributed by atoms with Crippen molar-refractivity contribution in [3.63, 3.8) is 0 Å². The summed E-state index contributed by atoms with van der Waals surface area (Å²) in [5.74, 6) is -1.02. The van der Waals surface area contributed by atoms with E-state index in [2.05, 4.69) is 10.3 Å². The minimum atomic E-state index is -0.678. The number of aromatic nitrogens is 1. The van der Waals surface area contributed by atoms with E-state index in [0.29, 0.717) is 6.42 Å². The average Bonchev–Trinajstić information content (AvgIpc) is 3.37. The molecular weight excluding hydrogens is 450 g/mol. The Bertz CT molecular complexity index is 1040. The van der Waals surface area contributed by atoms with Crippen LogP contribution in [-0.2, 0) is 19.1 Å². The minimum absolute atomic E-state index is 0.0979. The fourth-order valence-corrected chi connectivity index (χ4v) is 4.94. The van der Waals surface area contributed by atoms with E-state index in [0.717, 1.165) is 21.7 Å². The number of nitrogens with zero attached hydrogens (tertiary/aromatic N) is 2. The van der Waals surface area contributed by atoms with E-state index >= 15 is 0 Å². The summed E-state index contributed by atoms with van der Waals surface area (Å²) in [6.45, 7) is 13.4. The lowest BCUT2D eigenvalue weighted by molar-refractivity contribution is -0.147. The van der Waals surface area contributed by atoms with Crippen molar-refractivity contribution in [1.29, 1.82) is 0 Å². The van der Waals surface area contributed by atoms with E-state index in [-0.39, 0.29) is 35.7 Å². The Kier molecular flexibility index (Phi) is 7.81. The fraction of sp³-hybridized carbons (Fsp3) is 0.538. The van der Waals surface area contributed by atoms with Gasteiger partial charge in [0.25, 0.3) is 0 Å².